The van der Waals surface area contributed by atoms with Crippen LogP contribution in [-0.4, -0.2) is 48.9 Å². The maximum absolute atomic E-state index is 12.7. The maximum Gasteiger partial charge on any atom is 0.233 e. The first-order valence-electron chi connectivity index (χ1n) is 8.77. The predicted octanol–water partition coefficient (Wildman–Crippen LogP) is 3.16. The molecule has 25 heavy (non-hydrogen) atoms. The molecule has 0 spiro atoms. The molecule has 6 nitrogen and oxygen atoms in total. The summed E-state index contributed by atoms with van der Waals surface area (Å²) in [6.45, 7) is 8.35. The SMILES string of the molecule is Cc1ccc(C)c(-n2nnnc2SCC(=O)N2[C@H](C)CCC[C@@H]2C)c1. The van der Waals surface area contributed by atoms with Crippen LogP contribution in [0.5, 0.6) is 0 Å². The molecule has 0 unspecified atom stereocenters. The molecule has 2 aromatic rings. The zero-order valence-corrected chi connectivity index (χ0v) is 16.1. The Morgan fingerprint density at radius 3 is 2.68 bits per heavy atom. The van der Waals surface area contributed by atoms with Crippen LogP contribution in [0.15, 0.2) is 23.4 Å². The molecule has 0 N–H and O–H groups in total. The summed E-state index contributed by atoms with van der Waals surface area (Å²) in [6.07, 6.45) is 3.37. The zero-order valence-electron chi connectivity index (χ0n) is 15.3. The lowest BCUT2D eigenvalue weighted by Gasteiger charge is -2.39. The van der Waals surface area contributed by atoms with Crippen LogP contribution in [0.25, 0.3) is 5.69 Å². The molecule has 1 aromatic carbocycles. The summed E-state index contributed by atoms with van der Waals surface area (Å²) < 4.78 is 1.73. The van der Waals surface area contributed by atoms with Crippen molar-refractivity contribution >= 4 is 17.7 Å². The van der Waals surface area contributed by atoms with Crippen LogP contribution in [0.1, 0.15) is 44.2 Å². The van der Waals surface area contributed by atoms with Gasteiger partial charge < -0.3 is 4.90 Å². The second-order valence-corrected chi connectivity index (χ2v) is 7.82. The number of hydrogen-bond acceptors (Lipinski definition) is 5. The van der Waals surface area contributed by atoms with E-state index < -0.39 is 0 Å². The van der Waals surface area contributed by atoms with Crippen molar-refractivity contribution in [1.82, 2.24) is 25.1 Å². The van der Waals surface area contributed by atoms with Crippen LogP contribution in [0, 0.1) is 13.8 Å². The number of amides is 1. The summed E-state index contributed by atoms with van der Waals surface area (Å²) in [5.74, 6) is 0.528. The number of piperidine rings is 1. The minimum absolute atomic E-state index is 0.167. The molecular formula is C18H25N5OS. The van der Waals surface area contributed by atoms with E-state index in [-0.39, 0.29) is 5.91 Å². The molecule has 1 saturated heterocycles. The molecule has 2 heterocycles. The van der Waals surface area contributed by atoms with Crippen LogP contribution in [0.4, 0.5) is 0 Å². The molecule has 1 aliphatic heterocycles. The summed E-state index contributed by atoms with van der Waals surface area (Å²) in [5.41, 5.74) is 3.21. The van der Waals surface area contributed by atoms with Crippen molar-refractivity contribution in [2.45, 2.75) is 64.2 Å². The van der Waals surface area contributed by atoms with E-state index in [2.05, 4.69) is 47.6 Å². The number of carbonyl (C=O) groups is 1. The van der Waals surface area contributed by atoms with Crippen molar-refractivity contribution in [1.29, 1.82) is 0 Å². The minimum atomic E-state index is 0.167. The van der Waals surface area contributed by atoms with Gasteiger partial charge >= 0.3 is 0 Å². The van der Waals surface area contributed by atoms with Crippen molar-refractivity contribution in [2.24, 2.45) is 0 Å². The lowest BCUT2D eigenvalue weighted by molar-refractivity contribution is -0.134. The molecule has 3 rings (SSSR count). The molecule has 0 radical (unpaired) electrons. The maximum atomic E-state index is 12.7. The number of thioether (sulfide) groups is 1. The zero-order chi connectivity index (χ0) is 18.0. The van der Waals surface area contributed by atoms with E-state index in [1.807, 2.05) is 18.7 Å². The summed E-state index contributed by atoms with van der Waals surface area (Å²) in [7, 11) is 0. The molecule has 134 valence electrons. The van der Waals surface area contributed by atoms with Gasteiger partial charge in [0, 0.05) is 12.1 Å². The Morgan fingerprint density at radius 2 is 1.96 bits per heavy atom. The molecule has 0 aliphatic carbocycles. The molecule has 7 heteroatoms. The first kappa shape index (κ1) is 17.9. The van der Waals surface area contributed by atoms with Crippen LogP contribution in [0.3, 0.4) is 0 Å². The van der Waals surface area contributed by atoms with Gasteiger partial charge in [0.25, 0.3) is 0 Å². The van der Waals surface area contributed by atoms with Crippen LogP contribution in [-0.2, 0) is 4.79 Å². The number of rotatable bonds is 4. The molecule has 1 aliphatic rings. The van der Waals surface area contributed by atoms with E-state index in [9.17, 15) is 4.79 Å². The lowest BCUT2D eigenvalue weighted by Crippen LogP contribution is -2.48. The number of likely N-dealkylation sites (tertiary alicyclic amines) is 1. The van der Waals surface area contributed by atoms with Gasteiger partial charge in [-0.05, 0) is 74.6 Å². The minimum Gasteiger partial charge on any atom is -0.337 e. The number of aromatic nitrogens is 4. The predicted molar refractivity (Wildman–Crippen MR) is 99.0 cm³/mol. The monoisotopic (exact) mass is 359 g/mol. The fourth-order valence-electron chi connectivity index (χ4n) is 3.48. The Hall–Kier alpha value is -1.89. The van der Waals surface area contributed by atoms with Gasteiger partial charge in [-0.3, -0.25) is 4.79 Å². The van der Waals surface area contributed by atoms with Gasteiger partial charge in [-0.1, -0.05) is 23.9 Å². The highest BCUT2D eigenvalue weighted by atomic mass is 32.2. The topological polar surface area (TPSA) is 63.9 Å². The van der Waals surface area contributed by atoms with Crippen LogP contribution < -0.4 is 0 Å². The number of nitrogens with zero attached hydrogens (tertiary/aromatic N) is 5. The van der Waals surface area contributed by atoms with Gasteiger partial charge in [-0.15, -0.1) is 5.10 Å². The Morgan fingerprint density at radius 1 is 1.24 bits per heavy atom. The highest BCUT2D eigenvalue weighted by molar-refractivity contribution is 7.99. The lowest BCUT2D eigenvalue weighted by atomic mass is 9.98. The molecule has 2 atom stereocenters. The van der Waals surface area contributed by atoms with E-state index in [0.29, 0.717) is 23.0 Å². The highest BCUT2D eigenvalue weighted by Gasteiger charge is 2.29. The molecule has 0 saturated carbocycles. The fourth-order valence-corrected chi connectivity index (χ4v) is 4.23. The van der Waals surface area contributed by atoms with E-state index >= 15 is 0 Å². The number of hydrogen-bond donors (Lipinski definition) is 0. The van der Waals surface area contributed by atoms with Gasteiger partial charge in [-0.2, -0.15) is 4.68 Å². The third-order valence-electron chi connectivity index (χ3n) is 4.84. The van der Waals surface area contributed by atoms with Crippen molar-refractivity contribution in [3.63, 3.8) is 0 Å². The summed E-state index contributed by atoms with van der Waals surface area (Å²) in [6, 6.07) is 6.81. The fraction of sp³-hybridized carbons (Fsp3) is 0.556. The first-order valence-corrected chi connectivity index (χ1v) is 9.76. The van der Waals surface area contributed by atoms with Gasteiger partial charge in [-0.25, -0.2) is 0 Å². The second-order valence-electron chi connectivity index (χ2n) is 6.88. The third kappa shape index (κ3) is 3.86. The van der Waals surface area contributed by atoms with Crippen molar-refractivity contribution in [3.8, 4) is 5.69 Å². The average Bonchev–Trinajstić information content (AvgIpc) is 3.03. The van der Waals surface area contributed by atoms with E-state index in [1.165, 1.54) is 18.2 Å². The largest absolute Gasteiger partial charge is 0.337 e. The summed E-state index contributed by atoms with van der Waals surface area (Å²) in [5, 5.41) is 12.7. The van der Waals surface area contributed by atoms with Gasteiger partial charge in [0.05, 0.1) is 11.4 Å². The van der Waals surface area contributed by atoms with Gasteiger partial charge in [0.2, 0.25) is 11.1 Å². The Bertz CT molecular complexity index is 750. The summed E-state index contributed by atoms with van der Waals surface area (Å²) >= 11 is 1.40. The average molecular weight is 359 g/mol. The Balaban J connectivity index is 1.74. The van der Waals surface area contributed by atoms with E-state index in [1.54, 1.807) is 4.68 Å². The number of aryl methyl sites for hydroxylation is 2. The Kier molecular flexibility index (Phi) is 5.42. The van der Waals surface area contributed by atoms with Crippen LogP contribution in [0.2, 0.25) is 0 Å². The molecule has 1 amide bonds. The number of benzene rings is 1. The standard InChI is InChI=1S/C18H25N5OS/c1-12-8-9-13(2)16(10-12)23-18(19-20-21-23)25-11-17(24)22-14(3)6-5-7-15(22)4/h8-10,14-15H,5-7,11H2,1-4H3/t14-,15+. The van der Waals surface area contributed by atoms with Gasteiger partial charge in [0.1, 0.15) is 0 Å². The first-order chi connectivity index (χ1) is 12.0. The number of carbonyl (C=O) groups excluding carboxylic acids is 1. The van der Waals surface area contributed by atoms with E-state index in [0.717, 1.165) is 29.7 Å². The van der Waals surface area contributed by atoms with Gasteiger partial charge in [0.15, 0.2) is 0 Å². The highest BCUT2D eigenvalue weighted by Crippen LogP contribution is 2.26. The van der Waals surface area contributed by atoms with E-state index in [4.69, 9.17) is 0 Å². The third-order valence-corrected chi connectivity index (χ3v) is 5.74. The second kappa shape index (κ2) is 7.56. The van der Waals surface area contributed by atoms with Crippen molar-refractivity contribution in [3.05, 3.63) is 29.3 Å². The molecular weight excluding hydrogens is 334 g/mol. The molecule has 0 bridgehead atoms. The van der Waals surface area contributed by atoms with Crippen molar-refractivity contribution < 1.29 is 4.79 Å². The van der Waals surface area contributed by atoms with Crippen LogP contribution >= 0.6 is 11.8 Å². The normalized spacial score (nSPS) is 20.7. The Labute approximate surface area is 153 Å². The number of tetrazole rings is 1. The molecule has 1 fully saturated rings. The van der Waals surface area contributed by atoms with Crippen molar-refractivity contribution in [2.75, 3.05) is 5.75 Å². The quantitative estimate of drug-likeness (QED) is 0.785. The molecule has 1 aromatic heterocycles. The smallest absolute Gasteiger partial charge is 0.233 e. The summed E-state index contributed by atoms with van der Waals surface area (Å²) in [4.78, 5) is 14.7.